The van der Waals surface area contributed by atoms with Crippen LogP contribution in [0.5, 0.6) is 5.75 Å². The van der Waals surface area contributed by atoms with Crippen molar-refractivity contribution >= 4 is 23.2 Å². The minimum Gasteiger partial charge on any atom is -0.491 e. The monoisotopic (exact) mass is 469 g/mol. The predicted molar refractivity (Wildman–Crippen MR) is 127 cm³/mol. The lowest BCUT2D eigenvalue weighted by Gasteiger charge is -2.28. The Hall–Kier alpha value is -2.87. The van der Waals surface area contributed by atoms with Crippen molar-refractivity contribution in [1.82, 2.24) is 9.55 Å². The Balaban J connectivity index is 1.37. The van der Waals surface area contributed by atoms with Crippen LogP contribution in [0.2, 0.25) is 5.02 Å². The molecule has 8 heteroatoms. The second-order valence-electron chi connectivity index (χ2n) is 8.21. The molecule has 0 spiro atoms. The Morgan fingerprint density at radius 2 is 2.00 bits per heavy atom. The van der Waals surface area contributed by atoms with Crippen LogP contribution in [0.1, 0.15) is 18.9 Å². The first-order chi connectivity index (χ1) is 15.9. The Morgan fingerprint density at radius 1 is 1.24 bits per heavy atom. The summed E-state index contributed by atoms with van der Waals surface area (Å²) in [5, 5.41) is 0.721. The van der Waals surface area contributed by atoms with E-state index in [1.54, 1.807) is 24.5 Å². The Kier molecular flexibility index (Phi) is 7.33. The fourth-order valence-electron chi connectivity index (χ4n) is 3.77. The second-order valence-corrected chi connectivity index (χ2v) is 8.64. The van der Waals surface area contributed by atoms with Gasteiger partial charge in [-0.15, -0.1) is 0 Å². The van der Waals surface area contributed by atoms with Crippen molar-refractivity contribution in [3.05, 3.63) is 77.8 Å². The first-order valence-electron chi connectivity index (χ1n) is 10.9. The molecular weight excluding hydrogens is 442 g/mol. The molecule has 174 valence electrons. The van der Waals surface area contributed by atoms with Crippen molar-refractivity contribution in [2.24, 2.45) is 0 Å². The van der Waals surface area contributed by atoms with Gasteiger partial charge < -0.3 is 23.7 Å². The van der Waals surface area contributed by atoms with E-state index in [1.807, 2.05) is 59.3 Å². The van der Waals surface area contributed by atoms with E-state index >= 15 is 0 Å². The number of ether oxygens (including phenoxy) is 3. The van der Waals surface area contributed by atoms with E-state index < -0.39 is 5.79 Å². The molecular formula is C25H28ClN3O4. The molecule has 0 bridgehead atoms. The summed E-state index contributed by atoms with van der Waals surface area (Å²) in [7, 11) is 1.74. The lowest BCUT2D eigenvalue weighted by Crippen LogP contribution is -2.37. The molecule has 2 atom stereocenters. The van der Waals surface area contributed by atoms with Gasteiger partial charge in [0, 0.05) is 43.5 Å². The molecule has 2 unspecified atom stereocenters. The summed E-state index contributed by atoms with van der Waals surface area (Å²) in [5.41, 5.74) is 1.99. The van der Waals surface area contributed by atoms with Crippen molar-refractivity contribution in [2.45, 2.75) is 38.2 Å². The minimum atomic E-state index is -0.761. The molecule has 3 aromatic rings. The lowest BCUT2D eigenvalue weighted by atomic mass is 10.0. The first kappa shape index (κ1) is 23.3. The number of rotatable bonds is 9. The minimum absolute atomic E-state index is 0.0204. The number of halogens is 1. The van der Waals surface area contributed by atoms with Gasteiger partial charge in [-0.25, -0.2) is 4.98 Å². The molecule has 2 aromatic carbocycles. The Bertz CT molecular complexity index is 1040. The maximum absolute atomic E-state index is 11.5. The van der Waals surface area contributed by atoms with Crippen LogP contribution in [0.3, 0.4) is 0 Å². The highest BCUT2D eigenvalue weighted by molar-refractivity contribution is 6.30. The lowest BCUT2D eigenvalue weighted by molar-refractivity contribution is -0.184. The van der Waals surface area contributed by atoms with Crippen LogP contribution in [0, 0.1) is 0 Å². The van der Waals surface area contributed by atoms with E-state index in [-0.39, 0.29) is 12.0 Å². The number of imidazole rings is 1. The highest BCUT2D eigenvalue weighted by Gasteiger charge is 2.42. The maximum Gasteiger partial charge on any atom is 0.223 e. The Morgan fingerprint density at radius 3 is 2.67 bits per heavy atom. The third kappa shape index (κ3) is 6.13. The molecule has 1 aliphatic heterocycles. The van der Waals surface area contributed by atoms with Gasteiger partial charge >= 0.3 is 0 Å². The Labute approximate surface area is 198 Å². The van der Waals surface area contributed by atoms with Crippen LogP contribution in [0.25, 0.3) is 0 Å². The molecule has 7 nitrogen and oxygen atoms in total. The highest BCUT2D eigenvalue weighted by atomic mass is 35.5. The van der Waals surface area contributed by atoms with E-state index in [2.05, 4.69) is 4.98 Å². The molecule has 0 N–H and O–H groups in total. The number of nitrogens with zero attached hydrogens (tertiary/aromatic N) is 3. The molecule has 1 saturated heterocycles. The quantitative estimate of drug-likeness (QED) is 0.466. The zero-order chi connectivity index (χ0) is 23.3. The van der Waals surface area contributed by atoms with Gasteiger partial charge in [-0.3, -0.25) is 4.79 Å². The summed E-state index contributed by atoms with van der Waals surface area (Å²) in [5.74, 6) is -0.0665. The summed E-state index contributed by atoms with van der Waals surface area (Å²) in [6.07, 6.45) is 6.70. The fourth-order valence-corrected chi connectivity index (χ4v) is 3.90. The van der Waals surface area contributed by atoms with Crippen LogP contribution >= 0.6 is 11.6 Å². The number of aromatic nitrogens is 2. The summed E-state index contributed by atoms with van der Waals surface area (Å²) in [6, 6.07) is 15.3. The number of aryl methyl sites for hydroxylation is 1. The number of hydrogen-bond acceptors (Lipinski definition) is 5. The van der Waals surface area contributed by atoms with E-state index in [1.165, 1.54) is 12.5 Å². The van der Waals surface area contributed by atoms with Crippen LogP contribution in [-0.4, -0.2) is 47.6 Å². The molecule has 0 radical (unpaired) electrons. The molecule has 4 rings (SSSR count). The average Bonchev–Trinajstić information content (AvgIpc) is 3.48. The topological polar surface area (TPSA) is 65.8 Å². The molecule has 2 heterocycles. The molecule has 0 saturated carbocycles. The van der Waals surface area contributed by atoms with Gasteiger partial charge in [0.1, 0.15) is 18.5 Å². The zero-order valence-electron chi connectivity index (χ0n) is 18.8. The van der Waals surface area contributed by atoms with Gasteiger partial charge in [0.2, 0.25) is 5.91 Å². The van der Waals surface area contributed by atoms with Crippen molar-refractivity contribution in [3.63, 3.8) is 0 Å². The van der Waals surface area contributed by atoms with Crippen molar-refractivity contribution in [1.29, 1.82) is 0 Å². The predicted octanol–water partition coefficient (Wildman–Crippen LogP) is 4.34. The van der Waals surface area contributed by atoms with Gasteiger partial charge in [-0.1, -0.05) is 23.7 Å². The van der Waals surface area contributed by atoms with Gasteiger partial charge in [-0.2, -0.15) is 0 Å². The van der Waals surface area contributed by atoms with Crippen molar-refractivity contribution in [3.8, 4) is 5.75 Å². The average molecular weight is 470 g/mol. The number of carbonyl (C=O) groups is 1. The normalized spacial score (nSPS) is 20.0. The van der Waals surface area contributed by atoms with Crippen LogP contribution < -0.4 is 9.64 Å². The van der Waals surface area contributed by atoms with Crippen LogP contribution in [0.4, 0.5) is 5.69 Å². The summed E-state index contributed by atoms with van der Waals surface area (Å²) < 4.78 is 20.5. The fraction of sp³-hybridized carbons (Fsp3) is 0.360. The van der Waals surface area contributed by atoms with Gasteiger partial charge in [-0.05, 0) is 48.4 Å². The molecule has 1 aromatic heterocycles. The summed E-state index contributed by atoms with van der Waals surface area (Å²) in [6.45, 7) is 2.89. The number of benzene rings is 2. The molecule has 1 aliphatic rings. The second kappa shape index (κ2) is 10.4. The molecule has 1 fully saturated rings. The highest BCUT2D eigenvalue weighted by Crippen LogP contribution is 2.31. The first-order valence-corrected chi connectivity index (χ1v) is 11.3. The third-order valence-electron chi connectivity index (χ3n) is 5.74. The number of carbonyl (C=O) groups excluding carboxylic acids is 1. The van der Waals surface area contributed by atoms with Gasteiger partial charge in [0.15, 0.2) is 5.79 Å². The third-order valence-corrected chi connectivity index (χ3v) is 5.99. The molecule has 33 heavy (non-hydrogen) atoms. The SMILES string of the molecule is CC(=O)N(C)c1ccc(OCC2COC(CCc3ccc(Cl)cc3)(Cn3ccnc3)O2)cc1. The number of hydrogen-bond donors (Lipinski definition) is 0. The van der Waals surface area contributed by atoms with E-state index in [0.717, 1.165) is 17.1 Å². The van der Waals surface area contributed by atoms with E-state index in [9.17, 15) is 4.79 Å². The smallest absolute Gasteiger partial charge is 0.223 e. The van der Waals surface area contributed by atoms with Crippen LogP contribution in [0.15, 0.2) is 67.3 Å². The molecule has 1 amide bonds. The summed E-state index contributed by atoms with van der Waals surface area (Å²) in [4.78, 5) is 17.2. The van der Waals surface area contributed by atoms with Gasteiger partial charge in [0.05, 0.1) is 19.5 Å². The van der Waals surface area contributed by atoms with Crippen molar-refractivity contribution < 1.29 is 19.0 Å². The largest absolute Gasteiger partial charge is 0.491 e. The van der Waals surface area contributed by atoms with E-state index in [4.69, 9.17) is 25.8 Å². The molecule has 0 aliphatic carbocycles. The van der Waals surface area contributed by atoms with Crippen LogP contribution in [-0.2, 0) is 27.2 Å². The number of anilines is 1. The van der Waals surface area contributed by atoms with E-state index in [0.29, 0.717) is 31.9 Å². The number of amides is 1. The standard InChI is InChI=1S/C25H28ClN3O4/c1-19(30)28(2)22-7-9-23(10-8-22)31-15-24-16-32-25(33-24,17-29-14-13-27-18-29)12-11-20-3-5-21(26)6-4-20/h3-10,13-14,18,24H,11-12,15-17H2,1-2H3. The summed E-state index contributed by atoms with van der Waals surface area (Å²) >= 11 is 6.01. The zero-order valence-corrected chi connectivity index (χ0v) is 19.6. The maximum atomic E-state index is 11.5. The van der Waals surface area contributed by atoms with Crippen molar-refractivity contribution in [2.75, 3.05) is 25.2 Å². The van der Waals surface area contributed by atoms with Gasteiger partial charge in [0.25, 0.3) is 0 Å².